The van der Waals surface area contributed by atoms with Crippen LogP contribution in [0.25, 0.3) is 0 Å². The van der Waals surface area contributed by atoms with Crippen molar-refractivity contribution in [1.82, 2.24) is 0 Å². The van der Waals surface area contributed by atoms with E-state index in [4.69, 9.17) is 10.2 Å². The first-order valence-electron chi connectivity index (χ1n) is 3.67. The lowest BCUT2D eigenvalue weighted by Crippen LogP contribution is -2.20. The fourth-order valence-electron chi connectivity index (χ4n) is 0.546. The molecular weight excluding hydrogens is 180 g/mol. The molecule has 0 radical (unpaired) electrons. The molecule has 72 valence electrons. The molecule has 0 bridgehead atoms. The molecule has 12 heavy (non-hydrogen) atoms. The molecule has 0 saturated carbocycles. The van der Waals surface area contributed by atoms with Crippen LogP contribution in [0.1, 0.15) is 6.92 Å². The predicted molar refractivity (Wildman–Crippen MR) is 47.1 cm³/mol. The lowest BCUT2D eigenvalue weighted by atomic mass is 10.4. The molecule has 0 heterocycles. The summed E-state index contributed by atoms with van der Waals surface area (Å²) in [6.07, 6.45) is -0.634. The molecule has 5 heteroatoms. The van der Waals surface area contributed by atoms with Crippen LogP contribution in [0.5, 0.6) is 0 Å². The van der Waals surface area contributed by atoms with E-state index in [1.54, 1.807) is 0 Å². The van der Waals surface area contributed by atoms with Gasteiger partial charge in [0, 0.05) is 18.4 Å². The second kappa shape index (κ2) is 7.39. The van der Waals surface area contributed by atoms with E-state index in [9.17, 15) is 4.79 Å². The third-order valence-corrected chi connectivity index (χ3v) is 2.12. The summed E-state index contributed by atoms with van der Waals surface area (Å²) in [7, 11) is 0. The number of esters is 1. The van der Waals surface area contributed by atoms with Gasteiger partial charge in [-0.3, -0.25) is 4.79 Å². The maximum atomic E-state index is 10.3. The van der Waals surface area contributed by atoms with Crippen LogP contribution in [-0.4, -0.2) is 47.0 Å². The van der Waals surface area contributed by atoms with E-state index in [-0.39, 0.29) is 19.2 Å². The van der Waals surface area contributed by atoms with Crippen molar-refractivity contribution in [3.8, 4) is 0 Å². The highest BCUT2D eigenvalue weighted by atomic mass is 32.2. The summed E-state index contributed by atoms with van der Waals surface area (Å²) >= 11 is 1.42. The van der Waals surface area contributed by atoms with Gasteiger partial charge in [0.05, 0.1) is 12.7 Å². The summed E-state index contributed by atoms with van der Waals surface area (Å²) in [6, 6.07) is 0. The highest BCUT2D eigenvalue weighted by Crippen LogP contribution is 2.02. The second-order valence-electron chi connectivity index (χ2n) is 2.25. The fourth-order valence-corrected chi connectivity index (χ4v) is 1.21. The van der Waals surface area contributed by atoms with E-state index >= 15 is 0 Å². The van der Waals surface area contributed by atoms with Crippen LogP contribution in [0.2, 0.25) is 0 Å². The molecule has 0 aliphatic heterocycles. The van der Waals surface area contributed by atoms with Gasteiger partial charge in [-0.25, -0.2) is 0 Å². The highest BCUT2D eigenvalue weighted by Gasteiger charge is 2.05. The molecular formula is C7H14O4S. The standard InChI is InChI=1S/C7H14O4S/c1-6(9)11-4-7(10)5-12-3-2-8/h7-8,10H,2-5H2,1H3. The Kier molecular flexibility index (Phi) is 7.23. The summed E-state index contributed by atoms with van der Waals surface area (Å²) in [5.74, 6) is 0.687. The minimum Gasteiger partial charge on any atom is -0.463 e. The number of aliphatic hydroxyl groups is 2. The average molecular weight is 194 g/mol. The highest BCUT2D eigenvalue weighted by molar-refractivity contribution is 7.99. The molecule has 1 unspecified atom stereocenters. The molecule has 0 aliphatic rings. The van der Waals surface area contributed by atoms with Crippen molar-refractivity contribution >= 4 is 17.7 Å². The molecule has 0 rings (SSSR count). The molecule has 0 aromatic heterocycles. The zero-order chi connectivity index (χ0) is 9.40. The summed E-state index contributed by atoms with van der Waals surface area (Å²) in [6.45, 7) is 1.44. The predicted octanol–water partition coefficient (Wildman–Crippen LogP) is -0.364. The summed E-state index contributed by atoms with van der Waals surface area (Å²) < 4.78 is 4.57. The molecule has 0 aromatic carbocycles. The van der Waals surface area contributed by atoms with E-state index in [2.05, 4.69) is 4.74 Å². The number of thioether (sulfide) groups is 1. The van der Waals surface area contributed by atoms with Crippen LogP contribution >= 0.6 is 11.8 Å². The van der Waals surface area contributed by atoms with Gasteiger partial charge in [-0.15, -0.1) is 0 Å². The molecule has 4 nitrogen and oxygen atoms in total. The van der Waals surface area contributed by atoms with Gasteiger partial charge in [0.1, 0.15) is 6.61 Å². The Morgan fingerprint density at radius 3 is 2.83 bits per heavy atom. The summed E-state index contributed by atoms with van der Waals surface area (Å²) in [5, 5.41) is 17.6. The number of hydrogen-bond acceptors (Lipinski definition) is 5. The second-order valence-corrected chi connectivity index (χ2v) is 3.40. The van der Waals surface area contributed by atoms with Gasteiger partial charge in [-0.2, -0.15) is 11.8 Å². The average Bonchev–Trinajstić information content (AvgIpc) is 2.01. The lowest BCUT2D eigenvalue weighted by Gasteiger charge is -2.08. The monoisotopic (exact) mass is 194 g/mol. The van der Waals surface area contributed by atoms with Gasteiger partial charge in [-0.1, -0.05) is 0 Å². The van der Waals surface area contributed by atoms with Gasteiger partial charge in [-0.05, 0) is 0 Å². The third kappa shape index (κ3) is 7.84. The third-order valence-electron chi connectivity index (χ3n) is 1.02. The summed E-state index contributed by atoms with van der Waals surface area (Å²) in [4.78, 5) is 10.3. The number of carbonyl (C=O) groups is 1. The van der Waals surface area contributed by atoms with Crippen molar-refractivity contribution in [3.05, 3.63) is 0 Å². The molecule has 0 aromatic rings. The number of rotatable bonds is 6. The Labute approximate surface area is 75.9 Å². The number of carbonyl (C=O) groups excluding carboxylic acids is 1. The first-order chi connectivity index (χ1) is 5.66. The Morgan fingerprint density at radius 2 is 2.33 bits per heavy atom. The van der Waals surface area contributed by atoms with Crippen LogP contribution in [-0.2, 0) is 9.53 Å². The van der Waals surface area contributed by atoms with Crippen molar-refractivity contribution in [3.63, 3.8) is 0 Å². The Hall–Kier alpha value is -0.260. The largest absolute Gasteiger partial charge is 0.463 e. The van der Waals surface area contributed by atoms with Crippen molar-refractivity contribution < 1.29 is 19.7 Å². The molecule has 0 saturated heterocycles. The van der Waals surface area contributed by atoms with Crippen LogP contribution in [0.3, 0.4) is 0 Å². The zero-order valence-electron chi connectivity index (χ0n) is 7.02. The quantitative estimate of drug-likeness (QED) is 0.446. The molecule has 0 amide bonds. The fraction of sp³-hybridized carbons (Fsp3) is 0.857. The Balaban J connectivity index is 3.21. The maximum Gasteiger partial charge on any atom is 0.302 e. The normalized spacial score (nSPS) is 12.6. The van der Waals surface area contributed by atoms with E-state index in [0.29, 0.717) is 11.5 Å². The summed E-state index contributed by atoms with van der Waals surface area (Å²) in [5.41, 5.74) is 0. The number of aliphatic hydroxyl groups excluding tert-OH is 2. The minimum absolute atomic E-state index is 0.0355. The lowest BCUT2D eigenvalue weighted by molar-refractivity contribution is -0.143. The topological polar surface area (TPSA) is 66.8 Å². The van der Waals surface area contributed by atoms with Crippen molar-refractivity contribution in [2.45, 2.75) is 13.0 Å². The van der Waals surface area contributed by atoms with Crippen molar-refractivity contribution in [1.29, 1.82) is 0 Å². The minimum atomic E-state index is -0.634. The van der Waals surface area contributed by atoms with Gasteiger partial charge >= 0.3 is 5.97 Å². The van der Waals surface area contributed by atoms with E-state index in [1.165, 1.54) is 18.7 Å². The van der Waals surface area contributed by atoms with E-state index in [0.717, 1.165) is 0 Å². The molecule has 2 N–H and O–H groups in total. The SMILES string of the molecule is CC(=O)OCC(O)CSCCO. The first kappa shape index (κ1) is 11.7. The van der Waals surface area contributed by atoms with E-state index < -0.39 is 6.10 Å². The Morgan fingerprint density at radius 1 is 1.67 bits per heavy atom. The van der Waals surface area contributed by atoms with Crippen molar-refractivity contribution in [2.24, 2.45) is 0 Å². The molecule has 0 aliphatic carbocycles. The van der Waals surface area contributed by atoms with Gasteiger partial charge in [0.15, 0.2) is 0 Å². The molecule has 1 atom stereocenters. The zero-order valence-corrected chi connectivity index (χ0v) is 7.84. The van der Waals surface area contributed by atoms with E-state index in [1.807, 2.05) is 0 Å². The first-order valence-corrected chi connectivity index (χ1v) is 4.82. The van der Waals surface area contributed by atoms with Gasteiger partial charge in [0.25, 0.3) is 0 Å². The van der Waals surface area contributed by atoms with Crippen LogP contribution in [0, 0.1) is 0 Å². The Bertz CT molecular complexity index is 129. The smallest absolute Gasteiger partial charge is 0.302 e. The maximum absolute atomic E-state index is 10.3. The van der Waals surface area contributed by atoms with Crippen LogP contribution < -0.4 is 0 Å². The van der Waals surface area contributed by atoms with Gasteiger partial charge in [0.2, 0.25) is 0 Å². The number of ether oxygens (including phenoxy) is 1. The van der Waals surface area contributed by atoms with Crippen LogP contribution in [0.4, 0.5) is 0 Å². The van der Waals surface area contributed by atoms with Crippen LogP contribution in [0.15, 0.2) is 0 Å². The van der Waals surface area contributed by atoms with Crippen molar-refractivity contribution in [2.75, 3.05) is 24.7 Å². The number of hydrogen-bond donors (Lipinski definition) is 2. The molecule has 0 spiro atoms. The molecule has 0 fully saturated rings. The van der Waals surface area contributed by atoms with Gasteiger partial charge < -0.3 is 14.9 Å².